The van der Waals surface area contributed by atoms with E-state index in [0.717, 1.165) is 0 Å². The largest absolute Gasteiger partial charge is 1.00 e. The molecular weight excluding hydrogens is 72.3 g/mol. The van der Waals surface area contributed by atoms with Crippen molar-refractivity contribution in [3.05, 3.63) is 0 Å². The first-order valence-corrected chi connectivity index (χ1v) is 3.21. The fourth-order valence-corrected chi connectivity index (χ4v) is 0.750. The molecule has 0 radical (unpaired) electrons. The first kappa shape index (κ1) is 5.77. The van der Waals surface area contributed by atoms with Crippen molar-refractivity contribution in [1.29, 1.82) is 0 Å². The molecule has 0 amide bonds. The van der Waals surface area contributed by atoms with Gasteiger partial charge in [-0.25, -0.2) is 0 Å². The van der Waals surface area contributed by atoms with E-state index in [2.05, 4.69) is 6.92 Å². The second kappa shape index (κ2) is 4.77. The van der Waals surface area contributed by atoms with Crippen molar-refractivity contribution in [3.8, 4) is 0 Å². The quantitative estimate of drug-likeness (QED) is 0.443. The summed E-state index contributed by atoms with van der Waals surface area (Å²) in [5.41, 5.74) is 0. The van der Waals surface area contributed by atoms with Crippen molar-refractivity contribution < 1.29 is 1.43 Å². The molecule has 0 N–H and O–H groups in total. The SMILES string of the molecule is CCC[CH2][Mg+].[H-]. The zero-order chi connectivity index (χ0) is 4.12. The Morgan fingerprint density at radius 1 is 1.80 bits per heavy atom. The van der Waals surface area contributed by atoms with E-state index in [-0.39, 0.29) is 1.43 Å². The van der Waals surface area contributed by atoms with E-state index in [1.54, 1.807) is 0 Å². The van der Waals surface area contributed by atoms with Gasteiger partial charge in [0.25, 0.3) is 0 Å². The number of hydrogen-bond donors (Lipinski definition) is 0. The van der Waals surface area contributed by atoms with Gasteiger partial charge in [-0.2, -0.15) is 0 Å². The van der Waals surface area contributed by atoms with E-state index in [1.165, 1.54) is 17.4 Å². The Hall–Kier alpha value is 0.766. The Kier molecular flexibility index (Phi) is 5.50. The first-order chi connectivity index (χ1) is 2.41. The van der Waals surface area contributed by atoms with E-state index < -0.39 is 0 Å². The maximum Gasteiger partial charge on any atom is -1.00 e. The molecule has 28 valence electrons. The van der Waals surface area contributed by atoms with Crippen LogP contribution in [0.15, 0.2) is 0 Å². The summed E-state index contributed by atoms with van der Waals surface area (Å²) < 4.78 is 1.37. The third-order valence-corrected chi connectivity index (χ3v) is 1.10. The predicted molar refractivity (Wildman–Crippen MR) is 26.6 cm³/mol. The van der Waals surface area contributed by atoms with Crippen LogP contribution in [0.5, 0.6) is 0 Å². The van der Waals surface area contributed by atoms with E-state index >= 15 is 0 Å². The summed E-state index contributed by atoms with van der Waals surface area (Å²) in [7, 11) is 0. The number of hydrogen-bond acceptors (Lipinski definition) is 0. The molecule has 1 heteroatoms. The molecule has 0 saturated heterocycles. The predicted octanol–water partition coefficient (Wildman–Crippen LogP) is 1.49. The van der Waals surface area contributed by atoms with Crippen molar-refractivity contribution >= 4 is 21.7 Å². The maximum absolute atomic E-state index is 2.22. The fraction of sp³-hybridized carbons (Fsp3) is 1.00. The molecule has 0 atom stereocenters. The van der Waals surface area contributed by atoms with Crippen LogP contribution in [-0.2, 0) is 0 Å². The van der Waals surface area contributed by atoms with E-state index in [0.29, 0.717) is 0 Å². The van der Waals surface area contributed by atoms with E-state index in [4.69, 9.17) is 0 Å². The van der Waals surface area contributed by atoms with Gasteiger partial charge in [-0.1, -0.05) is 0 Å². The third-order valence-electron chi connectivity index (χ3n) is 0.604. The Morgan fingerprint density at radius 2 is 2.40 bits per heavy atom. The second-order valence-electron chi connectivity index (χ2n) is 1.21. The molecule has 0 aliphatic rings. The van der Waals surface area contributed by atoms with Gasteiger partial charge >= 0.3 is 46.0 Å². The van der Waals surface area contributed by atoms with E-state index in [9.17, 15) is 0 Å². The van der Waals surface area contributed by atoms with Crippen LogP contribution in [0.1, 0.15) is 21.2 Å². The number of unbranched alkanes of at least 4 members (excludes halogenated alkanes) is 1. The number of rotatable bonds is 2. The minimum Gasteiger partial charge on any atom is -1.00 e. The van der Waals surface area contributed by atoms with Crippen molar-refractivity contribution in [2.45, 2.75) is 24.3 Å². The van der Waals surface area contributed by atoms with Gasteiger partial charge in [0.2, 0.25) is 0 Å². The summed E-state index contributed by atoms with van der Waals surface area (Å²) >= 11 is 2.05. The average Bonchev–Trinajstić information content (AvgIpc) is 1.41. The molecule has 0 nitrogen and oxygen atoms in total. The summed E-state index contributed by atoms with van der Waals surface area (Å²) in [5.74, 6) is 0. The Bertz CT molecular complexity index is 15.0. The van der Waals surface area contributed by atoms with Crippen LogP contribution in [0.2, 0.25) is 4.55 Å². The topological polar surface area (TPSA) is 0 Å². The van der Waals surface area contributed by atoms with Gasteiger partial charge in [-0.3, -0.25) is 0 Å². The maximum atomic E-state index is 2.22. The Balaban J connectivity index is 0. The van der Waals surface area contributed by atoms with Crippen LogP contribution in [0.4, 0.5) is 0 Å². The molecule has 0 aliphatic heterocycles. The van der Waals surface area contributed by atoms with Crippen LogP contribution in [0.3, 0.4) is 0 Å². The summed E-state index contributed by atoms with van der Waals surface area (Å²) in [6.07, 6.45) is 2.75. The Morgan fingerprint density at radius 3 is 2.40 bits per heavy atom. The molecular formula is C4H10Mg. The Labute approximate surface area is 47.9 Å². The van der Waals surface area contributed by atoms with Crippen LogP contribution < -0.4 is 0 Å². The minimum atomic E-state index is 0. The smallest absolute Gasteiger partial charge is 1.00 e. The molecule has 0 aromatic heterocycles. The van der Waals surface area contributed by atoms with Gasteiger partial charge in [0.05, 0.1) is 0 Å². The van der Waals surface area contributed by atoms with Gasteiger partial charge < -0.3 is 1.43 Å². The van der Waals surface area contributed by atoms with Crippen molar-refractivity contribution in [1.82, 2.24) is 0 Å². The zero-order valence-corrected chi connectivity index (χ0v) is 5.24. The normalized spacial score (nSPS) is 8.60. The van der Waals surface area contributed by atoms with Crippen molar-refractivity contribution in [2.75, 3.05) is 0 Å². The van der Waals surface area contributed by atoms with Crippen LogP contribution in [0, 0.1) is 0 Å². The zero-order valence-electron chi connectivity index (χ0n) is 4.83. The third kappa shape index (κ3) is 4.77. The van der Waals surface area contributed by atoms with Gasteiger partial charge in [-0.15, -0.1) is 0 Å². The molecule has 0 spiro atoms. The summed E-state index contributed by atoms with van der Waals surface area (Å²) in [5, 5.41) is 0. The first-order valence-electron chi connectivity index (χ1n) is 2.21. The van der Waals surface area contributed by atoms with Crippen molar-refractivity contribution in [2.24, 2.45) is 0 Å². The summed E-state index contributed by atoms with van der Waals surface area (Å²) in [6.45, 7) is 2.22. The molecule has 0 unspecified atom stereocenters. The monoisotopic (exact) mass is 82.1 g/mol. The second-order valence-corrected chi connectivity index (χ2v) is 1.91. The standard InChI is InChI=1S/C4H9.Mg.H/c1-3-4-2;;/h1,3-4H2,2H3;;/q;+1;-1. The molecule has 0 bridgehead atoms. The summed E-state index contributed by atoms with van der Waals surface area (Å²) in [6, 6.07) is 0. The van der Waals surface area contributed by atoms with Crippen LogP contribution in [0.25, 0.3) is 0 Å². The molecule has 0 fully saturated rings. The van der Waals surface area contributed by atoms with Gasteiger partial charge in [-0.05, 0) is 0 Å². The van der Waals surface area contributed by atoms with Crippen LogP contribution >= 0.6 is 0 Å². The molecule has 0 aliphatic carbocycles. The molecule has 5 heavy (non-hydrogen) atoms. The molecule has 0 rings (SSSR count). The van der Waals surface area contributed by atoms with Gasteiger partial charge in [0, 0.05) is 0 Å². The minimum absolute atomic E-state index is 0. The van der Waals surface area contributed by atoms with Crippen molar-refractivity contribution in [3.63, 3.8) is 0 Å². The van der Waals surface area contributed by atoms with Gasteiger partial charge in [0.1, 0.15) is 0 Å². The van der Waals surface area contributed by atoms with Gasteiger partial charge in [0.15, 0.2) is 0 Å². The fourth-order valence-electron chi connectivity index (χ4n) is 0.250. The average molecular weight is 82.4 g/mol. The molecule has 0 aromatic rings. The molecule has 0 aromatic carbocycles. The summed E-state index contributed by atoms with van der Waals surface area (Å²) in [4.78, 5) is 0. The molecule has 0 saturated carbocycles. The van der Waals surface area contributed by atoms with Crippen LogP contribution in [-0.4, -0.2) is 21.7 Å². The van der Waals surface area contributed by atoms with E-state index in [1.807, 2.05) is 21.7 Å². The molecule has 0 heterocycles.